The highest BCUT2D eigenvalue weighted by Gasteiger charge is 2.10. The number of carbonyl (C=O) groups excluding carboxylic acids is 1. The van der Waals surface area contributed by atoms with E-state index in [0.717, 1.165) is 12.8 Å². The van der Waals surface area contributed by atoms with Gasteiger partial charge in [-0.1, -0.05) is 13.3 Å². The van der Waals surface area contributed by atoms with Gasteiger partial charge in [0.2, 0.25) is 5.56 Å². The minimum atomic E-state index is -0.795. The van der Waals surface area contributed by atoms with Crippen molar-refractivity contribution in [3.05, 3.63) is 34.2 Å². The second-order valence-electron chi connectivity index (χ2n) is 4.69. The van der Waals surface area contributed by atoms with Crippen LogP contribution in [0.15, 0.2) is 23.1 Å². The number of aliphatic carboxylic acids is 1. The number of carbonyl (C=O) groups is 2. The summed E-state index contributed by atoms with van der Waals surface area (Å²) in [5.74, 6) is -0.800. The molecule has 0 fully saturated rings. The number of aromatic nitrogens is 1. The van der Waals surface area contributed by atoms with Crippen LogP contribution in [0.2, 0.25) is 0 Å². The van der Waals surface area contributed by atoms with Crippen molar-refractivity contribution >= 4 is 11.9 Å². The molecule has 0 aliphatic heterocycles. The normalized spacial score (nSPS) is 11.8. The third kappa shape index (κ3) is 5.69. The van der Waals surface area contributed by atoms with Crippen molar-refractivity contribution in [2.75, 3.05) is 6.54 Å². The second kappa shape index (κ2) is 8.14. The van der Waals surface area contributed by atoms with Gasteiger partial charge in [-0.05, 0) is 24.8 Å². The highest BCUT2D eigenvalue weighted by atomic mass is 16.4. The molecule has 0 aliphatic carbocycles. The number of amides is 1. The van der Waals surface area contributed by atoms with Crippen LogP contribution in [0, 0.1) is 5.92 Å². The summed E-state index contributed by atoms with van der Waals surface area (Å²) in [5, 5.41) is 11.4. The Morgan fingerprint density at radius 3 is 2.75 bits per heavy atom. The molecule has 1 aromatic heterocycles. The van der Waals surface area contributed by atoms with Gasteiger partial charge in [0, 0.05) is 30.8 Å². The van der Waals surface area contributed by atoms with Gasteiger partial charge in [-0.3, -0.25) is 14.4 Å². The molecule has 20 heavy (non-hydrogen) atoms. The lowest BCUT2D eigenvalue weighted by Gasteiger charge is -2.13. The third-order valence-electron chi connectivity index (χ3n) is 3.22. The highest BCUT2D eigenvalue weighted by molar-refractivity contribution is 5.93. The number of aromatic amines is 1. The van der Waals surface area contributed by atoms with Gasteiger partial charge in [0.25, 0.3) is 5.91 Å². The number of hydrogen-bond donors (Lipinski definition) is 3. The first-order chi connectivity index (χ1) is 9.52. The van der Waals surface area contributed by atoms with Crippen molar-refractivity contribution in [2.24, 2.45) is 5.92 Å². The maximum atomic E-state index is 11.8. The number of pyridine rings is 1. The summed E-state index contributed by atoms with van der Waals surface area (Å²) in [6, 6.07) is 2.79. The van der Waals surface area contributed by atoms with Crippen molar-refractivity contribution in [1.29, 1.82) is 0 Å². The average Bonchev–Trinajstić information content (AvgIpc) is 2.42. The van der Waals surface area contributed by atoms with Crippen LogP contribution in [-0.2, 0) is 4.79 Å². The van der Waals surface area contributed by atoms with Gasteiger partial charge in [0.05, 0.1) is 0 Å². The fourth-order valence-corrected chi connectivity index (χ4v) is 1.96. The molecule has 0 aliphatic rings. The smallest absolute Gasteiger partial charge is 0.303 e. The van der Waals surface area contributed by atoms with E-state index in [1.165, 1.54) is 12.3 Å². The number of nitrogens with one attached hydrogen (secondary N) is 2. The standard InChI is InChI=1S/C14H20N2O4/c1-2-10(3-4-13(18)19)5-7-16-14(20)11-6-8-15-12(17)9-11/h6,8-10H,2-5,7H2,1H3,(H,15,17)(H,16,20)(H,18,19). The predicted molar refractivity (Wildman–Crippen MR) is 74.7 cm³/mol. The molecule has 1 aromatic rings. The Bertz CT molecular complexity index is 510. The first-order valence-corrected chi connectivity index (χ1v) is 6.71. The maximum Gasteiger partial charge on any atom is 0.303 e. The Morgan fingerprint density at radius 2 is 2.15 bits per heavy atom. The van der Waals surface area contributed by atoms with Crippen LogP contribution >= 0.6 is 0 Å². The van der Waals surface area contributed by atoms with Crippen molar-refractivity contribution in [3.63, 3.8) is 0 Å². The Hall–Kier alpha value is -2.11. The van der Waals surface area contributed by atoms with E-state index in [1.54, 1.807) is 6.07 Å². The lowest BCUT2D eigenvalue weighted by Crippen LogP contribution is -2.27. The molecule has 0 saturated carbocycles. The number of rotatable bonds is 8. The summed E-state index contributed by atoms with van der Waals surface area (Å²) in [5.41, 5.74) is 0.0119. The topological polar surface area (TPSA) is 99.3 Å². The van der Waals surface area contributed by atoms with Crippen molar-refractivity contribution < 1.29 is 14.7 Å². The van der Waals surface area contributed by atoms with Crippen LogP contribution in [0.1, 0.15) is 43.0 Å². The van der Waals surface area contributed by atoms with Gasteiger partial charge < -0.3 is 15.4 Å². The summed E-state index contributed by atoms with van der Waals surface area (Å²) >= 11 is 0. The Morgan fingerprint density at radius 1 is 1.40 bits per heavy atom. The lowest BCUT2D eigenvalue weighted by molar-refractivity contribution is -0.137. The number of H-pyrrole nitrogens is 1. The van der Waals surface area contributed by atoms with E-state index in [1.807, 2.05) is 6.92 Å². The van der Waals surface area contributed by atoms with E-state index in [9.17, 15) is 14.4 Å². The molecule has 6 nitrogen and oxygen atoms in total. The summed E-state index contributed by atoms with van der Waals surface area (Å²) in [6.07, 6.45) is 3.82. The van der Waals surface area contributed by atoms with E-state index in [4.69, 9.17) is 5.11 Å². The molecule has 0 radical (unpaired) electrons. The van der Waals surface area contributed by atoms with Gasteiger partial charge in [0.15, 0.2) is 0 Å². The van der Waals surface area contributed by atoms with Gasteiger partial charge >= 0.3 is 5.97 Å². The van der Waals surface area contributed by atoms with E-state index >= 15 is 0 Å². The first-order valence-electron chi connectivity index (χ1n) is 6.71. The molecule has 1 rings (SSSR count). The van der Waals surface area contributed by atoms with E-state index in [2.05, 4.69) is 10.3 Å². The second-order valence-corrected chi connectivity index (χ2v) is 4.69. The van der Waals surface area contributed by atoms with Crippen LogP contribution in [0.25, 0.3) is 0 Å². The fourth-order valence-electron chi connectivity index (χ4n) is 1.96. The molecule has 0 saturated heterocycles. The Kier molecular flexibility index (Phi) is 6.49. The number of carboxylic acids is 1. The summed E-state index contributed by atoms with van der Waals surface area (Å²) < 4.78 is 0. The van der Waals surface area contributed by atoms with Gasteiger partial charge in [-0.25, -0.2) is 0 Å². The summed E-state index contributed by atoms with van der Waals surface area (Å²) in [7, 11) is 0. The monoisotopic (exact) mass is 280 g/mol. The van der Waals surface area contributed by atoms with Crippen molar-refractivity contribution in [3.8, 4) is 0 Å². The first kappa shape index (κ1) is 15.9. The minimum Gasteiger partial charge on any atom is -0.481 e. The van der Waals surface area contributed by atoms with E-state index in [0.29, 0.717) is 18.5 Å². The zero-order valence-electron chi connectivity index (χ0n) is 11.5. The maximum absolute atomic E-state index is 11.8. The summed E-state index contributed by atoms with van der Waals surface area (Å²) in [6.45, 7) is 2.48. The zero-order chi connectivity index (χ0) is 15.0. The van der Waals surface area contributed by atoms with Crippen LogP contribution < -0.4 is 10.9 Å². The molecule has 110 valence electrons. The lowest BCUT2D eigenvalue weighted by atomic mass is 9.96. The van der Waals surface area contributed by atoms with Crippen LogP contribution in [-0.4, -0.2) is 28.5 Å². The largest absolute Gasteiger partial charge is 0.481 e. The van der Waals surface area contributed by atoms with Crippen molar-refractivity contribution in [2.45, 2.75) is 32.6 Å². The quantitative estimate of drug-likeness (QED) is 0.670. The molecule has 1 atom stereocenters. The average molecular weight is 280 g/mol. The highest BCUT2D eigenvalue weighted by Crippen LogP contribution is 2.14. The molecule has 0 bridgehead atoms. The zero-order valence-corrected chi connectivity index (χ0v) is 11.5. The third-order valence-corrected chi connectivity index (χ3v) is 3.22. The fraction of sp³-hybridized carbons (Fsp3) is 0.500. The molecular formula is C14H20N2O4. The number of hydrogen-bond acceptors (Lipinski definition) is 3. The molecule has 1 amide bonds. The Labute approximate surface area is 117 Å². The molecule has 6 heteroatoms. The van der Waals surface area contributed by atoms with Crippen molar-refractivity contribution in [1.82, 2.24) is 10.3 Å². The van der Waals surface area contributed by atoms with Crippen LogP contribution in [0.3, 0.4) is 0 Å². The Balaban J connectivity index is 2.37. The molecule has 0 aromatic carbocycles. The summed E-state index contributed by atoms with van der Waals surface area (Å²) in [4.78, 5) is 35.8. The molecular weight excluding hydrogens is 260 g/mol. The number of carboxylic acid groups (broad SMARTS) is 1. The van der Waals surface area contributed by atoms with E-state index < -0.39 is 5.97 Å². The predicted octanol–water partition coefficient (Wildman–Crippen LogP) is 1.39. The van der Waals surface area contributed by atoms with Gasteiger partial charge in [-0.15, -0.1) is 0 Å². The molecule has 1 unspecified atom stereocenters. The van der Waals surface area contributed by atoms with Gasteiger partial charge in [-0.2, -0.15) is 0 Å². The minimum absolute atomic E-state index is 0.153. The molecule has 0 spiro atoms. The van der Waals surface area contributed by atoms with Gasteiger partial charge in [0.1, 0.15) is 0 Å². The van der Waals surface area contributed by atoms with Crippen LogP contribution in [0.5, 0.6) is 0 Å². The SMILES string of the molecule is CCC(CCNC(=O)c1cc[nH]c(=O)c1)CCC(=O)O. The van der Waals surface area contributed by atoms with E-state index in [-0.39, 0.29) is 23.8 Å². The molecule has 1 heterocycles. The van der Waals surface area contributed by atoms with Crippen LogP contribution in [0.4, 0.5) is 0 Å². The molecule has 3 N–H and O–H groups in total.